The second-order valence-corrected chi connectivity index (χ2v) is 6.97. The number of fused-ring (bicyclic) bond motifs is 1. The lowest BCUT2D eigenvalue weighted by atomic mass is 9.99. The fourth-order valence-corrected chi connectivity index (χ4v) is 3.91. The van der Waals surface area contributed by atoms with Gasteiger partial charge in [0, 0.05) is 25.2 Å². The van der Waals surface area contributed by atoms with Gasteiger partial charge in [0.25, 0.3) is 0 Å². The number of morpholine rings is 1. The van der Waals surface area contributed by atoms with Crippen molar-refractivity contribution in [2.24, 2.45) is 0 Å². The largest absolute Gasteiger partial charge is 0.507 e. The third kappa shape index (κ3) is 3.07. The lowest BCUT2D eigenvalue weighted by Crippen LogP contribution is -2.59. The van der Waals surface area contributed by atoms with Crippen LogP contribution in [0.3, 0.4) is 0 Å². The summed E-state index contributed by atoms with van der Waals surface area (Å²) in [5.41, 5.74) is 2.44. The van der Waals surface area contributed by atoms with Gasteiger partial charge in [0.15, 0.2) is 5.82 Å². The van der Waals surface area contributed by atoms with Gasteiger partial charge in [-0.15, -0.1) is 10.2 Å². The number of ether oxygens (including phenoxy) is 1. The number of nitrogens with zero attached hydrogens (tertiary/aromatic N) is 4. The summed E-state index contributed by atoms with van der Waals surface area (Å²) in [6.45, 7) is 5.58. The van der Waals surface area contributed by atoms with Gasteiger partial charge in [0.05, 0.1) is 24.4 Å². The minimum Gasteiger partial charge on any atom is -0.507 e. The maximum atomic E-state index is 10.1. The lowest BCUT2D eigenvalue weighted by molar-refractivity contribution is -0.0246. The molecule has 1 aromatic heterocycles. The number of aromatic nitrogens is 2. The predicted molar refractivity (Wildman–Crippen MR) is 96.9 cm³/mol. The Morgan fingerprint density at radius 3 is 2.80 bits per heavy atom. The summed E-state index contributed by atoms with van der Waals surface area (Å²) in [6, 6.07) is 9.76. The third-order valence-electron chi connectivity index (χ3n) is 5.24. The van der Waals surface area contributed by atoms with Crippen LogP contribution in [0.4, 0.5) is 5.82 Å². The molecule has 1 N–H and O–H groups in total. The van der Waals surface area contributed by atoms with Crippen LogP contribution in [0.15, 0.2) is 30.3 Å². The molecule has 2 fully saturated rings. The number of hydrogen-bond acceptors (Lipinski definition) is 6. The highest BCUT2D eigenvalue weighted by Crippen LogP contribution is 2.32. The van der Waals surface area contributed by atoms with Crippen LogP contribution < -0.4 is 4.90 Å². The minimum absolute atomic E-state index is 0.238. The number of phenols is 1. The number of likely N-dealkylation sites (N-methyl/N-ethyl adjacent to an activating group) is 1. The third-order valence-corrected chi connectivity index (χ3v) is 5.24. The van der Waals surface area contributed by atoms with Crippen LogP contribution in [-0.2, 0) is 4.74 Å². The first-order valence-electron chi connectivity index (χ1n) is 8.83. The van der Waals surface area contributed by atoms with Crippen molar-refractivity contribution in [3.63, 3.8) is 0 Å². The van der Waals surface area contributed by atoms with E-state index in [4.69, 9.17) is 4.74 Å². The average molecular weight is 340 g/mol. The molecule has 2 aliphatic heterocycles. The van der Waals surface area contributed by atoms with E-state index >= 15 is 0 Å². The molecule has 2 atom stereocenters. The SMILES string of the molecule is Cc1cccc(O)c1-c1ccc(N2CCO[C@@H]3CCN(C)C[C@@H]32)nn1. The molecular weight excluding hydrogens is 316 g/mol. The summed E-state index contributed by atoms with van der Waals surface area (Å²) in [5, 5.41) is 19.0. The Kier molecular flexibility index (Phi) is 4.31. The quantitative estimate of drug-likeness (QED) is 0.903. The Balaban J connectivity index is 1.61. The van der Waals surface area contributed by atoms with Crippen LogP contribution in [0.2, 0.25) is 0 Å². The molecule has 2 aliphatic rings. The molecule has 0 unspecified atom stereocenters. The Labute approximate surface area is 148 Å². The van der Waals surface area contributed by atoms with Gasteiger partial charge in [-0.25, -0.2) is 0 Å². The Hall–Kier alpha value is -2.18. The lowest BCUT2D eigenvalue weighted by Gasteiger charge is -2.46. The molecule has 0 radical (unpaired) electrons. The van der Waals surface area contributed by atoms with E-state index in [9.17, 15) is 5.11 Å². The topological polar surface area (TPSA) is 61.7 Å². The molecule has 0 bridgehead atoms. The number of benzene rings is 1. The summed E-state index contributed by atoms with van der Waals surface area (Å²) in [7, 11) is 2.15. The molecule has 1 aromatic carbocycles. The Morgan fingerprint density at radius 2 is 2.04 bits per heavy atom. The van der Waals surface area contributed by atoms with Gasteiger partial charge in [0.2, 0.25) is 0 Å². The number of phenolic OH excluding ortho intramolecular Hbond substituents is 1. The maximum absolute atomic E-state index is 10.1. The fourth-order valence-electron chi connectivity index (χ4n) is 3.91. The highest BCUT2D eigenvalue weighted by molar-refractivity contribution is 5.70. The summed E-state index contributed by atoms with van der Waals surface area (Å²) in [6.07, 6.45) is 1.33. The van der Waals surface area contributed by atoms with Gasteiger partial charge >= 0.3 is 0 Å². The van der Waals surface area contributed by atoms with E-state index < -0.39 is 0 Å². The van der Waals surface area contributed by atoms with Gasteiger partial charge in [-0.1, -0.05) is 12.1 Å². The number of rotatable bonds is 2. The van der Waals surface area contributed by atoms with Crippen molar-refractivity contribution in [3.05, 3.63) is 35.9 Å². The summed E-state index contributed by atoms with van der Waals surface area (Å²) < 4.78 is 5.96. The van der Waals surface area contributed by atoms with Crippen molar-refractivity contribution >= 4 is 5.82 Å². The van der Waals surface area contributed by atoms with E-state index in [2.05, 4.69) is 27.0 Å². The van der Waals surface area contributed by atoms with Gasteiger partial charge in [0.1, 0.15) is 5.75 Å². The number of likely N-dealkylation sites (tertiary alicyclic amines) is 1. The molecular formula is C19H24N4O2. The van der Waals surface area contributed by atoms with E-state index in [1.807, 2.05) is 31.2 Å². The first-order chi connectivity index (χ1) is 12.1. The summed E-state index contributed by atoms with van der Waals surface area (Å²) in [4.78, 5) is 4.66. The van der Waals surface area contributed by atoms with Crippen molar-refractivity contribution in [1.82, 2.24) is 15.1 Å². The number of piperidine rings is 1. The highest BCUT2D eigenvalue weighted by Gasteiger charge is 2.36. The second-order valence-electron chi connectivity index (χ2n) is 6.97. The van der Waals surface area contributed by atoms with Crippen molar-refractivity contribution in [1.29, 1.82) is 0 Å². The number of anilines is 1. The van der Waals surface area contributed by atoms with Crippen LogP contribution in [0.25, 0.3) is 11.3 Å². The zero-order chi connectivity index (χ0) is 17.4. The first-order valence-corrected chi connectivity index (χ1v) is 8.83. The number of hydrogen-bond donors (Lipinski definition) is 1. The fraction of sp³-hybridized carbons (Fsp3) is 0.474. The Morgan fingerprint density at radius 1 is 1.16 bits per heavy atom. The van der Waals surface area contributed by atoms with Crippen LogP contribution in [0.5, 0.6) is 5.75 Å². The molecule has 3 heterocycles. The van der Waals surface area contributed by atoms with Gasteiger partial charge < -0.3 is 19.6 Å². The molecule has 0 spiro atoms. The smallest absolute Gasteiger partial charge is 0.151 e. The molecule has 6 nitrogen and oxygen atoms in total. The van der Waals surface area contributed by atoms with Crippen molar-refractivity contribution in [2.45, 2.75) is 25.5 Å². The zero-order valence-electron chi connectivity index (χ0n) is 14.7. The van der Waals surface area contributed by atoms with E-state index in [0.29, 0.717) is 11.7 Å². The monoisotopic (exact) mass is 340 g/mol. The van der Waals surface area contributed by atoms with E-state index in [1.165, 1.54) is 0 Å². The van der Waals surface area contributed by atoms with Crippen LogP contribution in [0.1, 0.15) is 12.0 Å². The average Bonchev–Trinajstić information content (AvgIpc) is 2.62. The molecule has 0 aliphatic carbocycles. The first kappa shape index (κ1) is 16.3. The number of aromatic hydroxyl groups is 1. The molecule has 6 heteroatoms. The summed E-state index contributed by atoms with van der Waals surface area (Å²) >= 11 is 0. The zero-order valence-corrected chi connectivity index (χ0v) is 14.7. The molecule has 132 valence electrons. The maximum Gasteiger partial charge on any atom is 0.151 e. The molecule has 0 saturated carbocycles. The van der Waals surface area contributed by atoms with E-state index in [0.717, 1.165) is 49.6 Å². The summed E-state index contributed by atoms with van der Waals surface area (Å²) in [5.74, 6) is 1.12. The van der Waals surface area contributed by atoms with Crippen molar-refractivity contribution < 1.29 is 9.84 Å². The normalized spacial score (nSPS) is 24.2. The second kappa shape index (κ2) is 6.61. The van der Waals surface area contributed by atoms with Crippen molar-refractivity contribution in [3.8, 4) is 17.0 Å². The molecule has 2 aromatic rings. The predicted octanol–water partition coefficient (Wildman–Crippen LogP) is 2.07. The number of aryl methyl sites for hydroxylation is 1. The van der Waals surface area contributed by atoms with Crippen LogP contribution >= 0.6 is 0 Å². The van der Waals surface area contributed by atoms with Crippen LogP contribution in [0, 0.1) is 6.92 Å². The van der Waals surface area contributed by atoms with Gasteiger partial charge in [-0.3, -0.25) is 0 Å². The molecule has 0 amide bonds. The van der Waals surface area contributed by atoms with Gasteiger partial charge in [-0.05, 0) is 44.2 Å². The minimum atomic E-state index is 0.238. The molecule has 25 heavy (non-hydrogen) atoms. The van der Waals surface area contributed by atoms with E-state index in [1.54, 1.807) is 6.07 Å². The van der Waals surface area contributed by atoms with Crippen LogP contribution in [-0.4, -0.2) is 65.6 Å². The Bertz CT molecular complexity index is 729. The van der Waals surface area contributed by atoms with Gasteiger partial charge in [-0.2, -0.15) is 0 Å². The van der Waals surface area contributed by atoms with E-state index in [-0.39, 0.29) is 11.9 Å². The molecule has 2 saturated heterocycles. The standard InChI is InChI=1S/C19H24N4O2/c1-13-4-3-5-16(24)19(13)14-6-7-18(21-20-14)23-10-11-25-17-8-9-22(2)12-15(17)23/h3-7,15,17,24H,8-12H2,1-2H3/t15-,17+/m0/s1. The van der Waals surface area contributed by atoms with Crippen molar-refractivity contribution in [2.75, 3.05) is 38.2 Å². The highest BCUT2D eigenvalue weighted by atomic mass is 16.5. The molecule has 4 rings (SSSR count).